The average molecular weight is 296 g/mol. The lowest BCUT2D eigenvalue weighted by Crippen LogP contribution is -2.40. The van der Waals surface area contributed by atoms with Crippen molar-refractivity contribution in [3.8, 4) is 0 Å². The molecule has 0 fully saturated rings. The summed E-state index contributed by atoms with van der Waals surface area (Å²) in [4.78, 5) is 35.9. The van der Waals surface area contributed by atoms with E-state index in [1.54, 1.807) is 27.7 Å². The van der Waals surface area contributed by atoms with Crippen LogP contribution in [0.2, 0.25) is 0 Å². The Morgan fingerprint density at radius 2 is 1.38 bits per heavy atom. The zero-order valence-corrected chi connectivity index (χ0v) is 12.6. The molecule has 7 heteroatoms. The molecule has 1 aliphatic rings. The van der Waals surface area contributed by atoms with Crippen LogP contribution in [0.3, 0.4) is 0 Å². The lowest BCUT2D eigenvalue weighted by Gasteiger charge is -2.28. The molecule has 116 valence electrons. The zero-order chi connectivity index (χ0) is 16.2. The lowest BCUT2D eigenvalue weighted by atomic mass is 9.85. The van der Waals surface area contributed by atoms with E-state index in [-0.39, 0.29) is 24.4 Å². The topological polar surface area (TPSA) is 108 Å². The first-order chi connectivity index (χ1) is 9.84. The predicted octanol–water partition coefficient (Wildman–Crippen LogP) is 0.365. The van der Waals surface area contributed by atoms with Crippen molar-refractivity contribution in [3.05, 3.63) is 22.5 Å². The third kappa shape index (κ3) is 3.42. The number of carbonyl (C=O) groups is 3. The maximum Gasteiger partial charge on any atom is 0.336 e. The minimum absolute atomic E-state index is 0.0398. The summed E-state index contributed by atoms with van der Waals surface area (Å²) >= 11 is 0. The smallest absolute Gasteiger partial charge is 0.336 e. The average Bonchev–Trinajstić information content (AvgIpc) is 2.37. The Balaban J connectivity index is 3.33. The zero-order valence-electron chi connectivity index (χ0n) is 12.6. The Hall–Kier alpha value is -2.31. The fourth-order valence-corrected chi connectivity index (χ4v) is 2.24. The molecule has 7 nitrogen and oxygen atoms in total. The van der Waals surface area contributed by atoms with E-state index in [0.29, 0.717) is 11.4 Å². The maximum absolute atomic E-state index is 12.1. The summed E-state index contributed by atoms with van der Waals surface area (Å²) in [5, 5.41) is 2.89. The van der Waals surface area contributed by atoms with Gasteiger partial charge in [-0.25, -0.2) is 9.59 Å². The second-order valence-corrected chi connectivity index (χ2v) is 4.48. The Morgan fingerprint density at radius 3 is 1.67 bits per heavy atom. The highest BCUT2D eigenvalue weighted by Gasteiger charge is 2.40. The third-order valence-electron chi connectivity index (χ3n) is 3.04. The van der Waals surface area contributed by atoms with E-state index in [9.17, 15) is 14.4 Å². The van der Waals surface area contributed by atoms with E-state index in [0.717, 1.165) is 0 Å². The number of hydrogen-bond acceptors (Lipinski definition) is 6. The van der Waals surface area contributed by atoms with Gasteiger partial charge in [-0.15, -0.1) is 0 Å². The van der Waals surface area contributed by atoms with Gasteiger partial charge in [0.25, 0.3) is 0 Å². The predicted molar refractivity (Wildman–Crippen MR) is 74.5 cm³/mol. The molecule has 0 aromatic rings. The van der Waals surface area contributed by atoms with Crippen LogP contribution in [0.15, 0.2) is 22.5 Å². The summed E-state index contributed by atoms with van der Waals surface area (Å²) in [7, 11) is 0. The summed E-state index contributed by atoms with van der Waals surface area (Å²) < 4.78 is 9.87. The number of rotatable bonds is 5. The molecular formula is C14H20N2O5. The molecule has 3 N–H and O–H groups in total. The maximum atomic E-state index is 12.1. The third-order valence-corrected chi connectivity index (χ3v) is 3.04. The van der Waals surface area contributed by atoms with E-state index >= 15 is 0 Å². The summed E-state index contributed by atoms with van der Waals surface area (Å²) in [6.07, 6.45) is 0. The molecule has 0 bridgehead atoms. The number of dihydropyridines is 1. The Bertz CT molecular complexity index is 493. The fraction of sp³-hybridized carbons (Fsp3) is 0.500. The number of nitrogens with one attached hydrogen (secondary N) is 1. The molecule has 0 aliphatic carbocycles. The Morgan fingerprint density at radius 1 is 1.00 bits per heavy atom. The van der Waals surface area contributed by atoms with E-state index < -0.39 is 23.8 Å². The highest BCUT2D eigenvalue weighted by molar-refractivity contribution is 6.06. The minimum atomic E-state index is -1.18. The van der Waals surface area contributed by atoms with Crippen molar-refractivity contribution in [1.29, 1.82) is 0 Å². The van der Waals surface area contributed by atoms with Gasteiger partial charge in [0, 0.05) is 11.4 Å². The van der Waals surface area contributed by atoms with Crippen LogP contribution in [0.4, 0.5) is 0 Å². The summed E-state index contributed by atoms with van der Waals surface area (Å²) in [5.41, 5.74) is 6.34. The number of esters is 2. The molecule has 0 unspecified atom stereocenters. The van der Waals surface area contributed by atoms with Gasteiger partial charge in [0.05, 0.1) is 24.4 Å². The van der Waals surface area contributed by atoms with Gasteiger partial charge in [-0.1, -0.05) is 0 Å². The van der Waals surface area contributed by atoms with E-state index in [1.807, 2.05) is 0 Å². The van der Waals surface area contributed by atoms with Gasteiger partial charge < -0.3 is 20.5 Å². The van der Waals surface area contributed by atoms with Crippen molar-refractivity contribution in [2.24, 2.45) is 11.7 Å². The molecule has 1 amide bonds. The number of nitrogens with two attached hydrogens (primary N) is 1. The number of amides is 1. The molecule has 0 saturated carbocycles. The van der Waals surface area contributed by atoms with Crippen LogP contribution in [-0.2, 0) is 23.9 Å². The van der Waals surface area contributed by atoms with Crippen molar-refractivity contribution >= 4 is 17.8 Å². The first kappa shape index (κ1) is 16.7. The Kier molecular flexibility index (Phi) is 5.52. The number of carbonyl (C=O) groups excluding carboxylic acids is 3. The second-order valence-electron chi connectivity index (χ2n) is 4.48. The minimum Gasteiger partial charge on any atom is -0.463 e. The van der Waals surface area contributed by atoms with E-state index in [1.165, 1.54) is 0 Å². The van der Waals surface area contributed by atoms with Crippen molar-refractivity contribution in [3.63, 3.8) is 0 Å². The molecule has 1 rings (SSSR count). The fourth-order valence-electron chi connectivity index (χ4n) is 2.24. The first-order valence-electron chi connectivity index (χ1n) is 6.67. The molecule has 0 radical (unpaired) electrons. The van der Waals surface area contributed by atoms with Crippen molar-refractivity contribution < 1.29 is 23.9 Å². The van der Waals surface area contributed by atoms with Gasteiger partial charge in [0.15, 0.2) is 0 Å². The highest BCUT2D eigenvalue weighted by atomic mass is 16.5. The molecule has 0 aromatic heterocycles. The molecule has 0 aromatic carbocycles. The molecule has 0 saturated heterocycles. The van der Waals surface area contributed by atoms with Crippen LogP contribution in [0, 0.1) is 5.92 Å². The van der Waals surface area contributed by atoms with Crippen molar-refractivity contribution in [1.82, 2.24) is 5.32 Å². The number of primary amides is 1. The van der Waals surface area contributed by atoms with Crippen LogP contribution in [0.25, 0.3) is 0 Å². The van der Waals surface area contributed by atoms with Crippen LogP contribution < -0.4 is 11.1 Å². The highest BCUT2D eigenvalue weighted by Crippen LogP contribution is 2.31. The number of hydrogen-bond donors (Lipinski definition) is 2. The summed E-state index contributed by atoms with van der Waals surface area (Å²) in [6.45, 7) is 6.84. The van der Waals surface area contributed by atoms with Crippen LogP contribution >= 0.6 is 0 Å². The normalized spacial score (nSPS) is 15.6. The SMILES string of the molecule is CCOC(=O)C1=C(C)NC(C)=C(C(=O)OCC)C1C(N)=O. The standard InChI is InChI=1S/C14H20N2O5/c1-5-20-13(18)9-7(3)16-8(4)10(11(9)12(15)17)14(19)21-6-2/h11,16H,5-6H2,1-4H3,(H2,15,17). The van der Waals surface area contributed by atoms with Gasteiger partial charge in [0.1, 0.15) is 5.92 Å². The van der Waals surface area contributed by atoms with Crippen molar-refractivity contribution in [2.75, 3.05) is 13.2 Å². The molecule has 21 heavy (non-hydrogen) atoms. The van der Waals surface area contributed by atoms with Crippen molar-refractivity contribution in [2.45, 2.75) is 27.7 Å². The van der Waals surface area contributed by atoms with Gasteiger partial charge in [-0.3, -0.25) is 4.79 Å². The molecular weight excluding hydrogens is 276 g/mol. The van der Waals surface area contributed by atoms with E-state index in [2.05, 4.69) is 5.32 Å². The Labute approximate surface area is 123 Å². The largest absolute Gasteiger partial charge is 0.463 e. The first-order valence-corrected chi connectivity index (χ1v) is 6.67. The van der Waals surface area contributed by atoms with Crippen LogP contribution in [0.1, 0.15) is 27.7 Å². The van der Waals surface area contributed by atoms with Gasteiger partial charge in [-0.05, 0) is 27.7 Å². The van der Waals surface area contributed by atoms with Crippen LogP contribution in [-0.4, -0.2) is 31.1 Å². The summed E-state index contributed by atoms with van der Waals surface area (Å²) in [5.74, 6) is -3.34. The second kappa shape index (κ2) is 6.92. The quantitative estimate of drug-likeness (QED) is 0.709. The van der Waals surface area contributed by atoms with Gasteiger partial charge in [-0.2, -0.15) is 0 Å². The lowest BCUT2D eigenvalue weighted by molar-refractivity contribution is -0.142. The number of ether oxygens (including phenoxy) is 2. The number of allylic oxidation sites excluding steroid dienone is 2. The van der Waals surface area contributed by atoms with E-state index in [4.69, 9.17) is 15.2 Å². The van der Waals surface area contributed by atoms with Gasteiger partial charge >= 0.3 is 11.9 Å². The summed E-state index contributed by atoms with van der Waals surface area (Å²) in [6, 6.07) is 0. The molecule has 0 spiro atoms. The molecule has 1 heterocycles. The monoisotopic (exact) mass is 296 g/mol. The van der Waals surface area contributed by atoms with Gasteiger partial charge in [0.2, 0.25) is 5.91 Å². The molecule has 1 aliphatic heterocycles. The van der Waals surface area contributed by atoms with Crippen LogP contribution in [0.5, 0.6) is 0 Å². The molecule has 0 atom stereocenters.